The molecule has 0 unspecified atom stereocenters. The quantitative estimate of drug-likeness (QED) is 0.512. The topological polar surface area (TPSA) is 84.7 Å². The van der Waals surface area contributed by atoms with Crippen molar-refractivity contribution in [2.75, 3.05) is 11.9 Å². The maximum absolute atomic E-state index is 13.8. The van der Waals surface area contributed by atoms with Gasteiger partial charge in [0.05, 0.1) is 18.3 Å². The first kappa shape index (κ1) is 23.5. The molecule has 4 rings (SSSR count). The fourth-order valence-corrected chi connectivity index (χ4v) is 4.44. The van der Waals surface area contributed by atoms with Crippen molar-refractivity contribution in [2.24, 2.45) is 11.7 Å². The second-order valence-electron chi connectivity index (χ2n) is 8.69. The van der Waals surface area contributed by atoms with Gasteiger partial charge in [-0.2, -0.15) is 0 Å². The number of anilines is 1. The zero-order valence-electron chi connectivity index (χ0n) is 19.4. The van der Waals surface area contributed by atoms with Gasteiger partial charge in [-0.1, -0.05) is 66.7 Å². The summed E-state index contributed by atoms with van der Waals surface area (Å²) in [6.45, 7) is 0.906. The number of benzene rings is 3. The third kappa shape index (κ3) is 5.64. The maximum atomic E-state index is 13.8. The number of ether oxygens (including phenoxy) is 1. The van der Waals surface area contributed by atoms with Gasteiger partial charge >= 0.3 is 0 Å². The zero-order valence-corrected chi connectivity index (χ0v) is 19.4. The van der Waals surface area contributed by atoms with Crippen LogP contribution in [0.1, 0.15) is 29.5 Å². The van der Waals surface area contributed by atoms with Gasteiger partial charge in [0.15, 0.2) is 0 Å². The molecule has 3 aromatic rings. The van der Waals surface area contributed by atoms with Crippen molar-refractivity contribution >= 4 is 17.5 Å². The molecule has 1 heterocycles. The largest absolute Gasteiger partial charge is 0.489 e. The van der Waals surface area contributed by atoms with Crippen LogP contribution in [0, 0.1) is 5.92 Å². The van der Waals surface area contributed by atoms with Crippen LogP contribution in [0.15, 0.2) is 78.9 Å². The van der Waals surface area contributed by atoms with Gasteiger partial charge in [-0.3, -0.25) is 9.59 Å². The van der Waals surface area contributed by atoms with E-state index in [2.05, 4.69) is 5.32 Å². The van der Waals surface area contributed by atoms with E-state index in [-0.39, 0.29) is 11.8 Å². The van der Waals surface area contributed by atoms with E-state index < -0.39 is 11.9 Å². The fraction of sp³-hybridized carbons (Fsp3) is 0.286. The van der Waals surface area contributed by atoms with E-state index in [9.17, 15) is 9.59 Å². The number of hydrogen-bond donors (Lipinski definition) is 2. The summed E-state index contributed by atoms with van der Waals surface area (Å²) in [5.74, 6) is -0.0283. The Bertz CT molecular complexity index is 1120. The molecule has 2 atom stereocenters. The minimum absolute atomic E-state index is 0.00399. The van der Waals surface area contributed by atoms with Gasteiger partial charge in [0.25, 0.3) is 0 Å². The predicted octanol–water partition coefficient (Wildman–Crippen LogP) is 3.82. The molecule has 3 aromatic carbocycles. The lowest BCUT2D eigenvalue weighted by atomic mass is 9.93. The van der Waals surface area contributed by atoms with Crippen molar-refractivity contribution in [2.45, 2.75) is 38.5 Å². The third-order valence-electron chi connectivity index (χ3n) is 6.37. The normalized spacial score (nSPS) is 16.4. The molecule has 0 radical (unpaired) electrons. The van der Waals surface area contributed by atoms with E-state index in [1.807, 2.05) is 83.8 Å². The van der Waals surface area contributed by atoms with Gasteiger partial charge in [-0.25, -0.2) is 0 Å². The Morgan fingerprint density at radius 1 is 1.06 bits per heavy atom. The van der Waals surface area contributed by atoms with E-state index in [0.717, 1.165) is 34.5 Å². The Kier molecular flexibility index (Phi) is 7.60. The van der Waals surface area contributed by atoms with Crippen LogP contribution in [0.4, 0.5) is 5.69 Å². The van der Waals surface area contributed by atoms with Crippen molar-refractivity contribution in [3.05, 3.63) is 95.6 Å². The molecule has 0 aromatic heterocycles. The SMILES string of the molecule is CN[C@@H](C[C@@H]1CCc2ccc(OCc3ccccc3)cc2N(Cc2ccccc2)C1=O)C(N)=O. The van der Waals surface area contributed by atoms with Crippen LogP contribution in [-0.2, 0) is 29.2 Å². The number of primary amides is 1. The van der Waals surface area contributed by atoms with Gasteiger partial charge in [-0.05, 0) is 49.1 Å². The number of carbonyl (C=O) groups is 2. The number of fused-ring (bicyclic) bond motifs is 1. The lowest BCUT2D eigenvalue weighted by Gasteiger charge is -2.27. The smallest absolute Gasteiger partial charge is 0.234 e. The molecular weight excluding hydrogens is 426 g/mol. The van der Waals surface area contributed by atoms with Crippen molar-refractivity contribution in [3.63, 3.8) is 0 Å². The number of hydrogen-bond acceptors (Lipinski definition) is 4. The Morgan fingerprint density at radius 3 is 2.38 bits per heavy atom. The number of likely N-dealkylation sites (N-methyl/N-ethyl adjacent to an activating group) is 1. The molecule has 0 bridgehead atoms. The minimum atomic E-state index is -0.543. The first-order chi connectivity index (χ1) is 16.5. The van der Waals surface area contributed by atoms with Crippen molar-refractivity contribution in [3.8, 4) is 5.75 Å². The molecule has 3 N–H and O–H groups in total. The molecule has 2 amide bonds. The lowest BCUT2D eigenvalue weighted by Crippen LogP contribution is -2.44. The van der Waals surface area contributed by atoms with E-state index >= 15 is 0 Å². The summed E-state index contributed by atoms with van der Waals surface area (Å²) < 4.78 is 6.06. The molecule has 0 spiro atoms. The van der Waals surface area contributed by atoms with Crippen LogP contribution >= 0.6 is 0 Å². The highest BCUT2D eigenvalue weighted by atomic mass is 16.5. The lowest BCUT2D eigenvalue weighted by molar-refractivity contribution is -0.124. The molecule has 0 saturated heterocycles. The molecule has 0 fully saturated rings. The van der Waals surface area contributed by atoms with Crippen molar-refractivity contribution < 1.29 is 14.3 Å². The van der Waals surface area contributed by atoms with Gasteiger partial charge in [-0.15, -0.1) is 0 Å². The van der Waals surface area contributed by atoms with Crippen LogP contribution in [0.3, 0.4) is 0 Å². The molecule has 1 aliphatic rings. The highest BCUT2D eigenvalue weighted by Crippen LogP contribution is 2.35. The maximum Gasteiger partial charge on any atom is 0.234 e. The molecular formula is C28H31N3O3. The number of nitrogens with one attached hydrogen (secondary N) is 1. The summed E-state index contributed by atoms with van der Waals surface area (Å²) in [6, 6.07) is 25.4. The predicted molar refractivity (Wildman–Crippen MR) is 133 cm³/mol. The Labute approximate surface area is 200 Å². The summed E-state index contributed by atoms with van der Waals surface area (Å²) in [6.07, 6.45) is 1.78. The number of carbonyl (C=O) groups excluding carboxylic acids is 2. The second-order valence-corrected chi connectivity index (χ2v) is 8.69. The number of amides is 2. The average molecular weight is 458 g/mol. The number of nitrogens with zero attached hydrogens (tertiary/aromatic N) is 1. The van der Waals surface area contributed by atoms with Crippen LogP contribution in [0.25, 0.3) is 0 Å². The van der Waals surface area contributed by atoms with Crippen LogP contribution in [-0.4, -0.2) is 24.9 Å². The minimum Gasteiger partial charge on any atom is -0.489 e. The van der Waals surface area contributed by atoms with E-state index in [1.165, 1.54) is 0 Å². The zero-order chi connectivity index (χ0) is 23.9. The summed E-state index contributed by atoms with van der Waals surface area (Å²) in [4.78, 5) is 27.5. The molecule has 176 valence electrons. The first-order valence-electron chi connectivity index (χ1n) is 11.7. The first-order valence-corrected chi connectivity index (χ1v) is 11.7. The van der Waals surface area contributed by atoms with Crippen LogP contribution in [0.5, 0.6) is 5.75 Å². The van der Waals surface area contributed by atoms with Gasteiger partial charge < -0.3 is 20.7 Å². The molecule has 0 aliphatic carbocycles. The van der Waals surface area contributed by atoms with E-state index in [4.69, 9.17) is 10.5 Å². The van der Waals surface area contributed by atoms with Gasteiger partial charge in [0, 0.05) is 12.0 Å². The second kappa shape index (κ2) is 11.0. The number of rotatable bonds is 9. The molecule has 0 saturated carbocycles. The Morgan fingerprint density at radius 2 is 1.74 bits per heavy atom. The summed E-state index contributed by atoms with van der Waals surface area (Å²) in [7, 11) is 1.70. The summed E-state index contributed by atoms with van der Waals surface area (Å²) >= 11 is 0. The average Bonchev–Trinajstić information content (AvgIpc) is 2.99. The highest BCUT2D eigenvalue weighted by Gasteiger charge is 2.33. The standard InChI is InChI=1S/C28H31N3O3/c1-30-25(27(29)32)16-23-13-12-22-14-15-24(34-19-21-10-6-3-7-11-21)17-26(22)31(28(23)33)18-20-8-4-2-5-9-20/h2-11,14-15,17,23,25,30H,12-13,16,18-19H2,1H3,(H2,29,32)/t23-,25-/m0/s1. The van der Waals surface area contributed by atoms with E-state index in [1.54, 1.807) is 7.05 Å². The van der Waals surface area contributed by atoms with Crippen molar-refractivity contribution in [1.29, 1.82) is 0 Å². The number of aryl methyl sites for hydroxylation is 1. The van der Waals surface area contributed by atoms with Crippen LogP contribution < -0.4 is 20.7 Å². The highest BCUT2D eigenvalue weighted by molar-refractivity contribution is 5.97. The monoisotopic (exact) mass is 457 g/mol. The van der Waals surface area contributed by atoms with Crippen molar-refractivity contribution in [1.82, 2.24) is 5.32 Å². The summed E-state index contributed by atoms with van der Waals surface area (Å²) in [5, 5.41) is 2.95. The van der Waals surface area contributed by atoms with Gasteiger partial charge in [0.1, 0.15) is 12.4 Å². The van der Waals surface area contributed by atoms with E-state index in [0.29, 0.717) is 26.0 Å². The summed E-state index contributed by atoms with van der Waals surface area (Å²) in [5.41, 5.74) is 9.63. The van der Waals surface area contributed by atoms with Crippen LogP contribution in [0.2, 0.25) is 0 Å². The Balaban J connectivity index is 1.63. The Hall–Kier alpha value is -3.64. The van der Waals surface area contributed by atoms with Gasteiger partial charge in [0.2, 0.25) is 11.8 Å². The molecule has 6 nitrogen and oxygen atoms in total. The molecule has 1 aliphatic heterocycles. The molecule has 34 heavy (non-hydrogen) atoms. The molecule has 6 heteroatoms. The fourth-order valence-electron chi connectivity index (χ4n) is 4.44. The third-order valence-corrected chi connectivity index (χ3v) is 6.37. The number of nitrogens with two attached hydrogens (primary N) is 1.